The third-order valence-electron chi connectivity index (χ3n) is 2.03. The molecule has 0 aromatic carbocycles. The van der Waals surface area contributed by atoms with Gasteiger partial charge in [-0.1, -0.05) is 33.8 Å². The molecule has 1 rings (SSSR count). The average Bonchev–Trinajstić information content (AvgIpc) is 1.80. The van der Waals surface area contributed by atoms with E-state index in [1.54, 1.807) is 5.57 Å². The molecule has 0 saturated carbocycles. The Hall–Kier alpha value is -0.300. The highest BCUT2D eigenvalue weighted by Gasteiger charge is 2.20. The Morgan fingerprint density at radius 1 is 1.33 bits per heavy atom. The third kappa shape index (κ3) is 2.98. The number of allylic oxidation sites excluding steroid dienone is 1. The molecule has 1 fully saturated rings. The number of hydrogen-bond donors (Lipinski definition) is 0. The van der Waals surface area contributed by atoms with E-state index in [1.807, 2.05) is 0 Å². The van der Waals surface area contributed by atoms with E-state index in [1.165, 1.54) is 26.1 Å². The van der Waals surface area contributed by atoms with E-state index in [9.17, 15) is 0 Å². The zero-order valence-electron chi connectivity index (χ0n) is 8.85. The smallest absolute Gasteiger partial charge is 0.0209 e. The molecule has 1 saturated heterocycles. The van der Waals surface area contributed by atoms with Crippen molar-refractivity contribution in [3.63, 3.8) is 0 Å². The number of rotatable bonds is 2. The summed E-state index contributed by atoms with van der Waals surface area (Å²) in [6.45, 7) is 12.7. The van der Waals surface area contributed by atoms with E-state index in [4.69, 9.17) is 0 Å². The van der Waals surface area contributed by atoms with Crippen LogP contribution in [0.5, 0.6) is 0 Å². The maximum Gasteiger partial charge on any atom is 0.0209 e. The Labute approximate surface area is 76.5 Å². The molecule has 0 aromatic rings. The second-order valence-corrected chi connectivity index (χ2v) is 4.88. The second-order valence-electron chi connectivity index (χ2n) is 4.88. The van der Waals surface area contributed by atoms with E-state index in [2.05, 4.69) is 38.7 Å². The first-order valence-electron chi connectivity index (χ1n) is 4.94. The minimum absolute atomic E-state index is 0.369. The molecule has 1 nitrogen and oxygen atoms in total. The summed E-state index contributed by atoms with van der Waals surface area (Å²) in [5, 5.41) is 0. The van der Waals surface area contributed by atoms with Crippen molar-refractivity contribution in [1.29, 1.82) is 0 Å². The lowest BCUT2D eigenvalue weighted by atomic mass is 9.91. The Balaban J connectivity index is 2.29. The molecule has 12 heavy (non-hydrogen) atoms. The molecule has 0 radical (unpaired) electrons. The summed E-state index contributed by atoms with van der Waals surface area (Å²) in [5.74, 6) is 0. The van der Waals surface area contributed by atoms with Crippen LogP contribution in [0.2, 0.25) is 0 Å². The van der Waals surface area contributed by atoms with Gasteiger partial charge >= 0.3 is 0 Å². The zero-order chi connectivity index (χ0) is 9.19. The number of nitrogens with zero attached hydrogens (tertiary/aromatic N) is 1. The van der Waals surface area contributed by atoms with Crippen LogP contribution in [0.3, 0.4) is 0 Å². The summed E-state index contributed by atoms with van der Waals surface area (Å²) < 4.78 is 0. The monoisotopic (exact) mass is 167 g/mol. The highest BCUT2D eigenvalue weighted by molar-refractivity contribution is 5.17. The van der Waals surface area contributed by atoms with Crippen LogP contribution in [0.1, 0.15) is 34.1 Å². The molecule has 0 atom stereocenters. The molecule has 0 amide bonds. The molecule has 1 heteroatoms. The molecular weight excluding hydrogens is 146 g/mol. The van der Waals surface area contributed by atoms with Gasteiger partial charge in [-0.15, -0.1) is 0 Å². The Kier molecular flexibility index (Phi) is 2.94. The summed E-state index contributed by atoms with van der Waals surface area (Å²) >= 11 is 0. The molecule has 0 spiro atoms. The average molecular weight is 167 g/mol. The van der Waals surface area contributed by atoms with Crippen molar-refractivity contribution in [2.75, 3.05) is 19.6 Å². The van der Waals surface area contributed by atoms with Gasteiger partial charge in [-0.25, -0.2) is 0 Å². The Morgan fingerprint density at radius 2 is 1.92 bits per heavy atom. The predicted molar refractivity (Wildman–Crippen MR) is 54.3 cm³/mol. The largest absolute Gasteiger partial charge is 0.295 e. The van der Waals surface area contributed by atoms with Crippen LogP contribution in [-0.2, 0) is 0 Å². The Morgan fingerprint density at radius 3 is 2.33 bits per heavy atom. The van der Waals surface area contributed by atoms with Crippen LogP contribution in [0.15, 0.2) is 11.6 Å². The van der Waals surface area contributed by atoms with Crippen LogP contribution in [-0.4, -0.2) is 24.5 Å². The van der Waals surface area contributed by atoms with Crippen molar-refractivity contribution < 1.29 is 0 Å². The SMILES string of the molecule is CCCN1CC(=CC(C)(C)C)C1. The third-order valence-corrected chi connectivity index (χ3v) is 2.03. The quantitative estimate of drug-likeness (QED) is 0.572. The predicted octanol–water partition coefficient (Wildman–Crippen LogP) is 2.68. The van der Waals surface area contributed by atoms with Gasteiger partial charge in [0.2, 0.25) is 0 Å². The van der Waals surface area contributed by atoms with Crippen molar-refractivity contribution in [3.8, 4) is 0 Å². The molecule has 70 valence electrons. The normalized spacial score (nSPS) is 19.2. The van der Waals surface area contributed by atoms with Crippen molar-refractivity contribution in [3.05, 3.63) is 11.6 Å². The van der Waals surface area contributed by atoms with Crippen molar-refractivity contribution in [2.45, 2.75) is 34.1 Å². The minimum Gasteiger partial charge on any atom is -0.295 e. The lowest BCUT2D eigenvalue weighted by molar-refractivity contribution is 0.247. The number of likely N-dealkylation sites (tertiary alicyclic amines) is 1. The summed E-state index contributed by atoms with van der Waals surface area (Å²) in [6, 6.07) is 0. The summed E-state index contributed by atoms with van der Waals surface area (Å²) in [5.41, 5.74) is 1.99. The summed E-state index contributed by atoms with van der Waals surface area (Å²) in [6.07, 6.45) is 3.70. The molecule has 0 bridgehead atoms. The molecule has 0 unspecified atom stereocenters. The van der Waals surface area contributed by atoms with E-state index in [0.29, 0.717) is 5.41 Å². The highest BCUT2D eigenvalue weighted by Crippen LogP contribution is 2.23. The lowest BCUT2D eigenvalue weighted by Crippen LogP contribution is -2.40. The van der Waals surface area contributed by atoms with Gasteiger partial charge in [0.15, 0.2) is 0 Å². The Bertz CT molecular complexity index is 166. The van der Waals surface area contributed by atoms with Crippen molar-refractivity contribution >= 4 is 0 Å². The van der Waals surface area contributed by atoms with E-state index in [0.717, 1.165) is 0 Å². The topological polar surface area (TPSA) is 3.24 Å². The van der Waals surface area contributed by atoms with Crippen molar-refractivity contribution in [1.82, 2.24) is 4.90 Å². The summed E-state index contributed by atoms with van der Waals surface area (Å²) in [7, 11) is 0. The van der Waals surface area contributed by atoms with Crippen molar-refractivity contribution in [2.24, 2.45) is 5.41 Å². The van der Waals surface area contributed by atoms with Crippen LogP contribution in [0.25, 0.3) is 0 Å². The molecule has 0 aliphatic carbocycles. The fraction of sp³-hybridized carbons (Fsp3) is 0.818. The van der Waals surface area contributed by atoms with Gasteiger partial charge in [0.1, 0.15) is 0 Å². The van der Waals surface area contributed by atoms with Gasteiger partial charge in [0.05, 0.1) is 0 Å². The standard InChI is InChI=1S/C11H21N/c1-5-6-12-8-10(9-12)7-11(2,3)4/h7H,5-6,8-9H2,1-4H3. The molecular formula is C11H21N. The minimum atomic E-state index is 0.369. The highest BCUT2D eigenvalue weighted by atomic mass is 15.2. The van der Waals surface area contributed by atoms with Crippen LogP contribution >= 0.6 is 0 Å². The first-order valence-corrected chi connectivity index (χ1v) is 4.94. The van der Waals surface area contributed by atoms with Crippen LogP contribution in [0, 0.1) is 5.41 Å². The van der Waals surface area contributed by atoms with Gasteiger partial charge in [-0.3, -0.25) is 4.90 Å². The van der Waals surface area contributed by atoms with E-state index in [-0.39, 0.29) is 0 Å². The fourth-order valence-electron chi connectivity index (χ4n) is 1.71. The zero-order valence-corrected chi connectivity index (χ0v) is 8.85. The van der Waals surface area contributed by atoms with E-state index < -0.39 is 0 Å². The van der Waals surface area contributed by atoms with Gasteiger partial charge in [0, 0.05) is 13.1 Å². The van der Waals surface area contributed by atoms with Gasteiger partial charge in [-0.05, 0) is 24.0 Å². The first kappa shape index (κ1) is 9.79. The molecule has 1 heterocycles. The van der Waals surface area contributed by atoms with E-state index >= 15 is 0 Å². The number of hydrogen-bond acceptors (Lipinski definition) is 1. The maximum absolute atomic E-state index is 2.50. The maximum atomic E-state index is 2.50. The molecule has 1 aliphatic heterocycles. The summed E-state index contributed by atoms with van der Waals surface area (Å²) in [4.78, 5) is 2.50. The molecule has 0 N–H and O–H groups in total. The van der Waals surface area contributed by atoms with Gasteiger partial charge in [-0.2, -0.15) is 0 Å². The van der Waals surface area contributed by atoms with Crippen LogP contribution in [0.4, 0.5) is 0 Å². The first-order chi connectivity index (χ1) is 5.51. The van der Waals surface area contributed by atoms with Crippen LogP contribution < -0.4 is 0 Å². The lowest BCUT2D eigenvalue weighted by Gasteiger charge is -2.35. The molecule has 0 aromatic heterocycles. The molecule has 1 aliphatic rings. The van der Waals surface area contributed by atoms with Gasteiger partial charge < -0.3 is 0 Å². The van der Waals surface area contributed by atoms with Gasteiger partial charge in [0.25, 0.3) is 0 Å². The second kappa shape index (κ2) is 3.61. The fourth-order valence-corrected chi connectivity index (χ4v) is 1.71.